The van der Waals surface area contributed by atoms with Crippen molar-refractivity contribution in [2.45, 2.75) is 6.18 Å². The van der Waals surface area contributed by atoms with E-state index >= 15 is 0 Å². The Morgan fingerprint density at radius 3 is 2.50 bits per heavy atom. The lowest BCUT2D eigenvalue weighted by Gasteiger charge is -2.06. The number of carbonyl (C=O) groups excluding carboxylic acids is 1. The van der Waals surface area contributed by atoms with Crippen molar-refractivity contribution in [3.63, 3.8) is 0 Å². The molecule has 0 saturated heterocycles. The number of aromatic amines is 1. The van der Waals surface area contributed by atoms with Crippen LogP contribution in [-0.4, -0.2) is 31.1 Å². The first-order chi connectivity index (χ1) is 13.4. The lowest BCUT2D eigenvalue weighted by Crippen LogP contribution is -2.15. The minimum Gasteiger partial charge on any atom is -0.318 e. The number of hydrogen-bond acceptors (Lipinski definition) is 5. The highest BCUT2D eigenvalue weighted by atomic mass is 19.4. The summed E-state index contributed by atoms with van der Waals surface area (Å²) in [6, 6.07) is 9.11. The van der Waals surface area contributed by atoms with E-state index in [4.69, 9.17) is 0 Å². The number of alkyl halides is 3. The molecule has 0 atom stereocenters. The average Bonchev–Trinajstić information content (AvgIpc) is 3.12. The van der Waals surface area contributed by atoms with Crippen LogP contribution in [0, 0.1) is 0 Å². The Balaban J connectivity index is 1.62. The van der Waals surface area contributed by atoms with E-state index in [1.54, 1.807) is 30.6 Å². The van der Waals surface area contributed by atoms with Crippen LogP contribution in [0.3, 0.4) is 0 Å². The number of aromatic nitrogens is 5. The topological polar surface area (TPSA) is 96.5 Å². The number of H-pyrrole nitrogens is 1. The predicted molar refractivity (Wildman–Crippen MR) is 94.3 cm³/mol. The smallest absolute Gasteiger partial charge is 0.318 e. The van der Waals surface area contributed by atoms with E-state index in [1.807, 2.05) is 12.1 Å². The van der Waals surface area contributed by atoms with Gasteiger partial charge in [0, 0.05) is 23.3 Å². The molecule has 0 unspecified atom stereocenters. The number of halogens is 3. The number of fused-ring (bicyclic) bond motifs is 1. The van der Waals surface area contributed by atoms with E-state index in [1.165, 1.54) is 0 Å². The van der Waals surface area contributed by atoms with E-state index in [0.717, 1.165) is 23.5 Å². The minimum absolute atomic E-state index is 0.0255. The minimum atomic E-state index is -4.65. The van der Waals surface area contributed by atoms with E-state index < -0.39 is 17.9 Å². The van der Waals surface area contributed by atoms with Crippen molar-refractivity contribution in [1.82, 2.24) is 25.1 Å². The van der Waals surface area contributed by atoms with Gasteiger partial charge in [-0.1, -0.05) is 12.1 Å². The highest BCUT2D eigenvalue weighted by Crippen LogP contribution is 2.27. The normalized spacial score (nSPS) is 11.5. The third-order valence-electron chi connectivity index (χ3n) is 3.94. The molecule has 0 aliphatic carbocycles. The fraction of sp³-hybridized carbons (Fsp3) is 0.0556. The van der Waals surface area contributed by atoms with Gasteiger partial charge in [-0.05, 0) is 23.8 Å². The Morgan fingerprint density at radius 1 is 1.04 bits per heavy atom. The maximum atomic E-state index is 12.5. The molecule has 3 aromatic heterocycles. The number of nitrogens with one attached hydrogen (secondary N) is 2. The molecule has 0 aliphatic rings. The third kappa shape index (κ3) is 3.39. The molecule has 4 rings (SSSR count). The summed E-state index contributed by atoms with van der Waals surface area (Å²) in [5.41, 5.74) is 2.47. The van der Waals surface area contributed by atoms with Crippen LogP contribution in [0.25, 0.3) is 22.0 Å². The Kier molecular flexibility index (Phi) is 4.22. The lowest BCUT2D eigenvalue weighted by atomic mass is 10.0. The summed E-state index contributed by atoms with van der Waals surface area (Å²) in [5, 5.41) is 9.78. The molecule has 0 spiro atoms. The SMILES string of the molecule is O=C(Nc1cnc(C(F)(F)F)nc1)c1n[nH]c2ccc(-c3cccnc3)cc12. The van der Waals surface area contributed by atoms with Crippen LogP contribution in [0.2, 0.25) is 0 Å². The van der Waals surface area contributed by atoms with Crippen LogP contribution in [0.15, 0.2) is 55.1 Å². The van der Waals surface area contributed by atoms with Gasteiger partial charge in [0.05, 0.1) is 23.6 Å². The van der Waals surface area contributed by atoms with Gasteiger partial charge in [0.25, 0.3) is 5.91 Å². The fourth-order valence-corrected chi connectivity index (χ4v) is 2.63. The molecule has 1 aromatic carbocycles. The molecule has 3 heterocycles. The number of hydrogen-bond donors (Lipinski definition) is 2. The van der Waals surface area contributed by atoms with Crippen molar-refractivity contribution in [3.8, 4) is 11.1 Å². The number of amides is 1. The molecular formula is C18H11F3N6O. The number of pyridine rings is 1. The lowest BCUT2D eigenvalue weighted by molar-refractivity contribution is -0.144. The van der Waals surface area contributed by atoms with E-state index in [9.17, 15) is 18.0 Å². The number of anilines is 1. The van der Waals surface area contributed by atoms with Crippen molar-refractivity contribution in [3.05, 3.63) is 66.6 Å². The molecule has 0 bridgehead atoms. The number of nitrogens with zero attached hydrogens (tertiary/aromatic N) is 4. The Bertz CT molecular complexity index is 1140. The van der Waals surface area contributed by atoms with E-state index in [2.05, 4.69) is 30.5 Å². The van der Waals surface area contributed by atoms with Gasteiger partial charge in [-0.2, -0.15) is 18.3 Å². The molecule has 0 radical (unpaired) electrons. The van der Waals surface area contributed by atoms with Crippen molar-refractivity contribution in [1.29, 1.82) is 0 Å². The number of rotatable bonds is 3. The maximum absolute atomic E-state index is 12.5. The molecule has 2 N–H and O–H groups in total. The van der Waals surface area contributed by atoms with Gasteiger partial charge in [-0.3, -0.25) is 14.9 Å². The van der Waals surface area contributed by atoms with Crippen LogP contribution in [0.1, 0.15) is 16.3 Å². The quantitative estimate of drug-likeness (QED) is 0.562. The van der Waals surface area contributed by atoms with Gasteiger partial charge < -0.3 is 5.32 Å². The third-order valence-corrected chi connectivity index (χ3v) is 3.94. The summed E-state index contributed by atoms with van der Waals surface area (Å²) in [6.07, 6.45) is 0.488. The molecule has 0 saturated carbocycles. The zero-order chi connectivity index (χ0) is 19.7. The monoisotopic (exact) mass is 384 g/mol. The van der Waals surface area contributed by atoms with Crippen LogP contribution in [0.5, 0.6) is 0 Å². The van der Waals surface area contributed by atoms with Crippen molar-refractivity contribution in [2.24, 2.45) is 0 Å². The Morgan fingerprint density at radius 2 is 1.82 bits per heavy atom. The molecule has 10 heteroatoms. The zero-order valence-electron chi connectivity index (χ0n) is 14.0. The van der Waals surface area contributed by atoms with Gasteiger partial charge >= 0.3 is 6.18 Å². The maximum Gasteiger partial charge on any atom is 0.451 e. The molecular weight excluding hydrogens is 373 g/mol. The zero-order valence-corrected chi connectivity index (χ0v) is 14.0. The summed E-state index contributed by atoms with van der Waals surface area (Å²) in [4.78, 5) is 23.0. The van der Waals surface area contributed by atoms with Crippen LogP contribution >= 0.6 is 0 Å². The highest BCUT2D eigenvalue weighted by Gasteiger charge is 2.34. The molecule has 0 fully saturated rings. The van der Waals surface area contributed by atoms with Gasteiger partial charge in [0.2, 0.25) is 5.82 Å². The van der Waals surface area contributed by atoms with Crippen LogP contribution in [-0.2, 0) is 6.18 Å². The van der Waals surface area contributed by atoms with Gasteiger partial charge in [0.15, 0.2) is 5.69 Å². The van der Waals surface area contributed by atoms with E-state index in [-0.39, 0.29) is 11.4 Å². The Labute approximate surface area is 155 Å². The van der Waals surface area contributed by atoms with Gasteiger partial charge in [-0.15, -0.1) is 0 Å². The number of carbonyl (C=O) groups is 1. The summed E-state index contributed by atoms with van der Waals surface area (Å²) < 4.78 is 37.6. The molecule has 140 valence electrons. The first kappa shape index (κ1) is 17.6. The molecule has 28 heavy (non-hydrogen) atoms. The first-order valence-corrected chi connectivity index (χ1v) is 8.01. The Hall–Kier alpha value is -3.82. The standard InChI is InChI=1S/C18H11F3N6O/c19-18(20,21)17-23-8-12(9-24-17)25-16(28)15-13-6-10(3-4-14(13)26-27-15)11-2-1-5-22-7-11/h1-9H,(H,25,28)(H,26,27). The molecule has 7 nitrogen and oxygen atoms in total. The number of benzene rings is 1. The molecule has 1 amide bonds. The predicted octanol–water partition coefficient (Wildman–Crippen LogP) is 3.69. The molecule has 0 aliphatic heterocycles. The van der Waals surface area contributed by atoms with Crippen LogP contribution < -0.4 is 5.32 Å². The second-order valence-corrected chi connectivity index (χ2v) is 5.82. The first-order valence-electron chi connectivity index (χ1n) is 8.01. The second-order valence-electron chi connectivity index (χ2n) is 5.82. The van der Waals surface area contributed by atoms with Crippen molar-refractivity contribution < 1.29 is 18.0 Å². The molecule has 4 aromatic rings. The highest BCUT2D eigenvalue weighted by molar-refractivity contribution is 6.11. The van der Waals surface area contributed by atoms with Crippen molar-refractivity contribution >= 4 is 22.5 Å². The summed E-state index contributed by atoms with van der Waals surface area (Å²) in [7, 11) is 0. The van der Waals surface area contributed by atoms with Gasteiger partial charge in [-0.25, -0.2) is 9.97 Å². The summed E-state index contributed by atoms with van der Waals surface area (Å²) >= 11 is 0. The van der Waals surface area contributed by atoms with Crippen LogP contribution in [0.4, 0.5) is 18.9 Å². The van der Waals surface area contributed by atoms with E-state index in [0.29, 0.717) is 10.9 Å². The summed E-state index contributed by atoms with van der Waals surface area (Å²) in [5.74, 6) is -1.88. The summed E-state index contributed by atoms with van der Waals surface area (Å²) in [6.45, 7) is 0. The second kappa shape index (κ2) is 6.72. The largest absolute Gasteiger partial charge is 0.451 e. The van der Waals surface area contributed by atoms with Crippen molar-refractivity contribution in [2.75, 3.05) is 5.32 Å². The van der Waals surface area contributed by atoms with Gasteiger partial charge in [0.1, 0.15) is 0 Å². The fourth-order valence-electron chi connectivity index (χ4n) is 2.63. The average molecular weight is 384 g/mol.